The van der Waals surface area contributed by atoms with Gasteiger partial charge in [0.15, 0.2) is 0 Å². The van der Waals surface area contributed by atoms with E-state index in [0.717, 1.165) is 23.9 Å². The standard InChI is InChI=1S/C16H13F3N6O4S2/c17-16(18,19)29-12-5-3-11(4-6-12)25-15(22-23-24-25)30-9-14(26)21-10-1-7-13(8-2-10)31(20,27)28/h1-8H,9H2,(H,21,26)(H2,20,27,28). The zero-order chi connectivity index (χ0) is 22.6. The van der Waals surface area contributed by atoms with Gasteiger partial charge in [-0.15, -0.1) is 18.3 Å². The number of sulfonamides is 1. The Morgan fingerprint density at radius 2 is 1.77 bits per heavy atom. The molecule has 0 radical (unpaired) electrons. The van der Waals surface area contributed by atoms with Crippen LogP contribution in [0.4, 0.5) is 18.9 Å². The molecular formula is C16H13F3N6O4S2. The molecule has 0 aliphatic carbocycles. The van der Waals surface area contributed by atoms with E-state index in [9.17, 15) is 26.4 Å². The number of thioether (sulfide) groups is 1. The Morgan fingerprint density at radius 1 is 1.13 bits per heavy atom. The van der Waals surface area contributed by atoms with E-state index in [1.54, 1.807) is 0 Å². The van der Waals surface area contributed by atoms with E-state index in [4.69, 9.17) is 5.14 Å². The molecule has 0 aliphatic heterocycles. The van der Waals surface area contributed by atoms with E-state index < -0.39 is 28.0 Å². The lowest BCUT2D eigenvalue weighted by Gasteiger charge is -2.09. The number of tetrazole rings is 1. The van der Waals surface area contributed by atoms with Gasteiger partial charge in [-0.2, -0.15) is 4.68 Å². The van der Waals surface area contributed by atoms with Gasteiger partial charge in [-0.3, -0.25) is 4.79 Å². The summed E-state index contributed by atoms with van der Waals surface area (Å²) in [6, 6.07) is 10.2. The summed E-state index contributed by atoms with van der Waals surface area (Å²) in [6.07, 6.45) is -4.80. The van der Waals surface area contributed by atoms with Crippen molar-refractivity contribution in [2.45, 2.75) is 16.4 Å². The van der Waals surface area contributed by atoms with Crippen LogP contribution < -0.4 is 15.2 Å². The molecule has 0 fully saturated rings. The molecule has 15 heteroatoms. The van der Waals surface area contributed by atoms with Crippen LogP contribution in [0.25, 0.3) is 5.69 Å². The number of carbonyl (C=O) groups excluding carboxylic acids is 1. The quantitative estimate of drug-likeness (QED) is 0.495. The fourth-order valence-corrected chi connectivity index (χ4v) is 3.48. The molecule has 0 saturated heterocycles. The smallest absolute Gasteiger partial charge is 0.406 e. The summed E-state index contributed by atoms with van der Waals surface area (Å²) >= 11 is 0.985. The van der Waals surface area contributed by atoms with Crippen molar-refractivity contribution in [3.05, 3.63) is 48.5 Å². The first-order valence-electron chi connectivity index (χ1n) is 8.21. The number of nitrogens with zero attached hydrogens (tertiary/aromatic N) is 4. The minimum Gasteiger partial charge on any atom is -0.406 e. The molecule has 0 atom stereocenters. The second-order valence-corrected chi connectivity index (χ2v) is 8.33. The average molecular weight is 474 g/mol. The Labute approximate surface area is 177 Å². The molecule has 0 aliphatic rings. The fraction of sp³-hybridized carbons (Fsp3) is 0.125. The van der Waals surface area contributed by atoms with Crippen molar-refractivity contribution in [3.8, 4) is 11.4 Å². The Kier molecular flexibility index (Phi) is 6.47. The molecular weight excluding hydrogens is 461 g/mol. The third kappa shape index (κ3) is 6.40. The SMILES string of the molecule is NS(=O)(=O)c1ccc(NC(=O)CSc2nnnn2-c2ccc(OC(F)(F)F)cc2)cc1. The molecule has 3 rings (SSSR count). The molecule has 2 aromatic carbocycles. The van der Waals surface area contributed by atoms with Crippen LogP contribution >= 0.6 is 11.8 Å². The third-order valence-electron chi connectivity index (χ3n) is 3.55. The predicted molar refractivity (Wildman–Crippen MR) is 103 cm³/mol. The zero-order valence-electron chi connectivity index (χ0n) is 15.3. The van der Waals surface area contributed by atoms with Gasteiger partial charge in [-0.05, 0) is 59.0 Å². The van der Waals surface area contributed by atoms with Crippen LogP contribution in [0.2, 0.25) is 0 Å². The summed E-state index contributed by atoms with van der Waals surface area (Å²) in [4.78, 5) is 12.0. The second kappa shape index (κ2) is 8.91. The van der Waals surface area contributed by atoms with Crippen molar-refractivity contribution >= 4 is 33.4 Å². The van der Waals surface area contributed by atoms with Gasteiger partial charge in [-0.1, -0.05) is 11.8 Å². The lowest BCUT2D eigenvalue weighted by molar-refractivity contribution is -0.274. The van der Waals surface area contributed by atoms with Gasteiger partial charge in [-0.25, -0.2) is 13.6 Å². The number of hydrogen-bond donors (Lipinski definition) is 2. The van der Waals surface area contributed by atoms with Crippen LogP contribution in [0.15, 0.2) is 58.6 Å². The Morgan fingerprint density at radius 3 is 2.35 bits per heavy atom. The maximum atomic E-state index is 12.3. The number of amides is 1. The fourth-order valence-electron chi connectivity index (χ4n) is 2.28. The lowest BCUT2D eigenvalue weighted by Crippen LogP contribution is -2.17. The van der Waals surface area contributed by atoms with Gasteiger partial charge < -0.3 is 10.1 Å². The van der Waals surface area contributed by atoms with Crippen molar-refractivity contribution in [2.24, 2.45) is 5.14 Å². The number of alkyl halides is 3. The van der Waals surface area contributed by atoms with Gasteiger partial charge in [0, 0.05) is 5.69 Å². The van der Waals surface area contributed by atoms with Crippen molar-refractivity contribution < 1.29 is 31.1 Å². The molecule has 164 valence electrons. The summed E-state index contributed by atoms with van der Waals surface area (Å²) in [7, 11) is -3.84. The summed E-state index contributed by atoms with van der Waals surface area (Å²) in [5.41, 5.74) is 0.721. The van der Waals surface area contributed by atoms with Crippen LogP contribution in [-0.2, 0) is 14.8 Å². The van der Waals surface area contributed by atoms with Crippen molar-refractivity contribution in [1.82, 2.24) is 20.2 Å². The molecule has 31 heavy (non-hydrogen) atoms. The molecule has 3 N–H and O–H groups in total. The van der Waals surface area contributed by atoms with Gasteiger partial charge in [0.2, 0.25) is 21.1 Å². The van der Waals surface area contributed by atoms with Crippen molar-refractivity contribution in [2.75, 3.05) is 11.1 Å². The highest BCUT2D eigenvalue weighted by molar-refractivity contribution is 7.99. The van der Waals surface area contributed by atoms with Gasteiger partial charge >= 0.3 is 6.36 Å². The second-order valence-electron chi connectivity index (χ2n) is 5.82. The first-order chi connectivity index (χ1) is 14.5. The third-order valence-corrected chi connectivity index (χ3v) is 5.40. The highest BCUT2D eigenvalue weighted by atomic mass is 32.2. The van der Waals surface area contributed by atoms with E-state index in [1.165, 1.54) is 41.1 Å². The van der Waals surface area contributed by atoms with Crippen LogP contribution in [0.5, 0.6) is 5.75 Å². The number of hydrogen-bond acceptors (Lipinski definition) is 8. The lowest BCUT2D eigenvalue weighted by atomic mass is 10.3. The first kappa shape index (κ1) is 22.5. The van der Waals surface area contributed by atoms with E-state index in [-0.39, 0.29) is 15.8 Å². The number of benzene rings is 2. The number of anilines is 1. The minimum atomic E-state index is -4.80. The van der Waals surface area contributed by atoms with Gasteiger partial charge in [0.25, 0.3) is 0 Å². The summed E-state index contributed by atoms with van der Waals surface area (Å²) in [5.74, 6) is -0.907. The highest BCUT2D eigenvalue weighted by Gasteiger charge is 2.31. The molecule has 1 heterocycles. The molecule has 10 nitrogen and oxygen atoms in total. The first-order valence-corrected chi connectivity index (χ1v) is 10.7. The molecule has 0 saturated carbocycles. The summed E-state index contributed by atoms with van der Waals surface area (Å²) in [5, 5.41) is 18.9. The van der Waals surface area contributed by atoms with E-state index in [0.29, 0.717) is 11.4 Å². The maximum absolute atomic E-state index is 12.3. The average Bonchev–Trinajstić information content (AvgIpc) is 3.14. The summed E-state index contributed by atoms with van der Waals surface area (Å²) < 4.78 is 64.3. The van der Waals surface area contributed by atoms with Crippen LogP contribution in [-0.4, -0.2) is 46.6 Å². The number of rotatable bonds is 7. The van der Waals surface area contributed by atoms with Crippen LogP contribution in [0.1, 0.15) is 0 Å². The number of nitrogens with two attached hydrogens (primary N) is 1. The molecule has 0 bridgehead atoms. The molecule has 1 aromatic heterocycles. The molecule has 0 unspecified atom stereocenters. The number of primary sulfonamides is 1. The minimum absolute atomic E-state index is 0.0907. The van der Waals surface area contributed by atoms with Crippen molar-refractivity contribution in [1.29, 1.82) is 0 Å². The van der Waals surface area contributed by atoms with E-state index >= 15 is 0 Å². The highest BCUT2D eigenvalue weighted by Crippen LogP contribution is 2.25. The van der Waals surface area contributed by atoms with Crippen LogP contribution in [0.3, 0.4) is 0 Å². The zero-order valence-corrected chi connectivity index (χ0v) is 16.9. The van der Waals surface area contributed by atoms with Gasteiger partial charge in [0.05, 0.1) is 16.3 Å². The topological polar surface area (TPSA) is 142 Å². The Hall–Kier alpha value is -3.17. The maximum Gasteiger partial charge on any atom is 0.573 e. The molecule has 0 spiro atoms. The van der Waals surface area contributed by atoms with Crippen LogP contribution in [0, 0.1) is 0 Å². The number of ether oxygens (including phenoxy) is 1. The number of halogens is 3. The monoisotopic (exact) mass is 474 g/mol. The molecule has 1 amide bonds. The number of carbonyl (C=O) groups is 1. The van der Waals surface area contributed by atoms with Crippen molar-refractivity contribution in [3.63, 3.8) is 0 Å². The summed E-state index contributed by atoms with van der Waals surface area (Å²) in [6.45, 7) is 0. The predicted octanol–water partition coefficient (Wildman–Crippen LogP) is 1.94. The van der Waals surface area contributed by atoms with E-state index in [1.807, 2.05) is 0 Å². The Bertz CT molecular complexity index is 1170. The normalized spacial score (nSPS) is 11.9. The number of aromatic nitrogens is 4. The molecule has 3 aromatic rings. The van der Waals surface area contributed by atoms with Gasteiger partial charge in [0.1, 0.15) is 5.75 Å². The Balaban J connectivity index is 1.61. The largest absolute Gasteiger partial charge is 0.573 e. The number of nitrogens with one attached hydrogen (secondary N) is 1. The van der Waals surface area contributed by atoms with E-state index in [2.05, 4.69) is 25.6 Å².